The Kier molecular flexibility index (Phi) is 7.24. The molecule has 0 radical (unpaired) electrons. The van der Waals surface area contributed by atoms with E-state index in [0.29, 0.717) is 0 Å². The lowest BCUT2D eigenvalue weighted by atomic mass is 9.84. The molecule has 0 aliphatic heterocycles. The molecule has 0 atom stereocenters. The Morgan fingerprint density at radius 1 is 0.385 bits per heavy atom. The molecule has 0 N–H and O–H groups in total. The molecule has 6 aromatic carbocycles. The summed E-state index contributed by atoms with van der Waals surface area (Å²) in [6.07, 6.45) is 0. The van der Waals surface area contributed by atoms with Gasteiger partial charge >= 0.3 is 0 Å². The number of benzene rings is 6. The van der Waals surface area contributed by atoms with E-state index >= 15 is 0 Å². The zero-order valence-corrected chi connectivity index (χ0v) is 30.6. The first kappa shape index (κ1) is 31.9. The normalized spacial score (nSPS) is 14.3. The summed E-state index contributed by atoms with van der Waals surface area (Å²) < 4.78 is 0. The van der Waals surface area contributed by atoms with Crippen molar-refractivity contribution in [2.24, 2.45) is 0 Å². The van der Waals surface area contributed by atoms with Gasteiger partial charge in [-0.3, -0.25) is 0 Å². The monoisotopic (exact) mass is 674 g/mol. The lowest BCUT2D eigenvalue weighted by Crippen LogP contribution is -2.20. The van der Waals surface area contributed by atoms with Gasteiger partial charge in [0, 0.05) is 56.1 Å². The van der Waals surface area contributed by atoms with Crippen LogP contribution < -0.4 is 9.80 Å². The van der Waals surface area contributed by atoms with Crippen LogP contribution in [-0.4, -0.2) is 9.97 Å². The lowest BCUT2D eigenvalue weighted by molar-refractivity contribution is 0.617. The third kappa shape index (κ3) is 4.81. The summed E-state index contributed by atoms with van der Waals surface area (Å²) in [5, 5.41) is 0. The van der Waals surface area contributed by atoms with Crippen LogP contribution in [0.1, 0.15) is 61.3 Å². The molecule has 1 heterocycles. The number of rotatable bonds is 6. The maximum Gasteiger partial charge on any atom is 0.0936 e. The Morgan fingerprint density at radius 3 is 0.962 bits per heavy atom. The van der Waals surface area contributed by atoms with E-state index in [1.807, 2.05) is 0 Å². The average molecular weight is 675 g/mol. The molecule has 0 saturated carbocycles. The van der Waals surface area contributed by atoms with Crippen LogP contribution in [0, 0.1) is 13.8 Å². The second-order valence-electron chi connectivity index (χ2n) is 15.3. The zero-order valence-electron chi connectivity index (χ0n) is 30.6. The maximum absolute atomic E-state index is 5.63. The van der Waals surface area contributed by atoms with Crippen molar-refractivity contribution < 1.29 is 0 Å². The van der Waals surface area contributed by atoms with Gasteiger partial charge in [0.25, 0.3) is 0 Å². The lowest BCUT2D eigenvalue weighted by Gasteiger charge is -2.28. The molecule has 1 aromatic heterocycles. The summed E-state index contributed by atoms with van der Waals surface area (Å²) in [5.41, 5.74) is 17.6. The number of anilines is 6. The number of hydrogen-bond acceptors (Lipinski definition) is 4. The van der Waals surface area contributed by atoms with E-state index in [4.69, 9.17) is 9.97 Å². The zero-order chi connectivity index (χ0) is 35.8. The van der Waals surface area contributed by atoms with E-state index in [0.717, 1.165) is 56.9 Å². The van der Waals surface area contributed by atoms with Crippen molar-refractivity contribution in [3.05, 3.63) is 179 Å². The predicted molar refractivity (Wildman–Crippen MR) is 216 cm³/mol. The molecule has 0 fully saturated rings. The molecule has 4 nitrogen and oxygen atoms in total. The van der Waals surface area contributed by atoms with Crippen LogP contribution in [0.4, 0.5) is 34.1 Å². The first-order valence-electron chi connectivity index (χ1n) is 18.2. The minimum atomic E-state index is -0.343. The molecule has 0 spiro atoms. The molecule has 2 aliphatic carbocycles. The van der Waals surface area contributed by atoms with E-state index in [-0.39, 0.29) is 10.8 Å². The van der Waals surface area contributed by atoms with E-state index in [1.165, 1.54) is 33.4 Å². The van der Waals surface area contributed by atoms with Gasteiger partial charge in [-0.2, -0.15) is 0 Å². The molecule has 7 aromatic rings. The molecule has 0 bridgehead atoms. The Morgan fingerprint density at radius 2 is 0.673 bits per heavy atom. The highest BCUT2D eigenvalue weighted by molar-refractivity contribution is 5.89. The third-order valence-corrected chi connectivity index (χ3v) is 11.1. The van der Waals surface area contributed by atoms with Gasteiger partial charge in [0.1, 0.15) is 0 Å². The molecule has 254 valence electrons. The van der Waals surface area contributed by atoms with Crippen LogP contribution in [-0.2, 0) is 10.8 Å². The maximum atomic E-state index is 5.63. The van der Waals surface area contributed by atoms with Crippen molar-refractivity contribution in [3.8, 4) is 22.5 Å². The predicted octanol–water partition coefficient (Wildman–Crippen LogP) is 12.6. The van der Waals surface area contributed by atoms with Crippen molar-refractivity contribution >= 4 is 34.1 Å². The Balaban J connectivity index is 1.19. The SMILES string of the molecule is Cc1cc(N(c2ccccc2)c2ccccc2)cc2c1-c1nc3c(nc1C2(C)C)-c1c(C)cc(N(c2ccccc2)c2ccccc2)cc1C3(C)C. The highest BCUT2D eigenvalue weighted by Crippen LogP contribution is 2.56. The molecule has 2 aliphatic rings. The van der Waals surface area contributed by atoms with Gasteiger partial charge in [-0.15, -0.1) is 0 Å². The molecule has 0 unspecified atom stereocenters. The van der Waals surface area contributed by atoms with E-state index in [9.17, 15) is 0 Å². The minimum Gasteiger partial charge on any atom is -0.310 e. The van der Waals surface area contributed by atoms with Crippen molar-refractivity contribution in [1.82, 2.24) is 9.97 Å². The summed E-state index contributed by atoms with van der Waals surface area (Å²) in [6, 6.07) is 51.9. The number of aryl methyl sites for hydroxylation is 2. The van der Waals surface area contributed by atoms with Crippen molar-refractivity contribution in [2.45, 2.75) is 52.4 Å². The first-order chi connectivity index (χ1) is 25.1. The largest absolute Gasteiger partial charge is 0.310 e. The molecule has 0 amide bonds. The number of para-hydroxylation sites is 4. The standard InChI is InChI=1S/C48H42N4/c1-31-27-37(51(33-19-11-7-12-20-33)34-21-13-8-14-22-34)29-39-41(31)43-45(47(39,3)4)50-44-42-32(2)28-38(30-40(42)48(5,6)46(44)49-43)52(35-23-15-9-16-24-35)36-25-17-10-18-26-36/h7-30H,1-6H3. The molecule has 9 rings (SSSR count). The van der Waals surface area contributed by atoms with Gasteiger partial charge in [0.2, 0.25) is 0 Å². The Bertz CT molecular complexity index is 2210. The number of hydrogen-bond donors (Lipinski definition) is 0. The van der Waals surface area contributed by atoms with E-state index < -0.39 is 0 Å². The quantitative estimate of drug-likeness (QED) is 0.176. The van der Waals surface area contributed by atoms with Gasteiger partial charge in [-0.1, -0.05) is 100 Å². The van der Waals surface area contributed by atoms with E-state index in [2.05, 4.69) is 197 Å². The van der Waals surface area contributed by atoms with Crippen molar-refractivity contribution in [3.63, 3.8) is 0 Å². The second-order valence-corrected chi connectivity index (χ2v) is 15.3. The minimum absolute atomic E-state index is 0.343. The summed E-state index contributed by atoms with van der Waals surface area (Å²) >= 11 is 0. The van der Waals surface area contributed by atoms with Crippen LogP contribution >= 0.6 is 0 Å². The van der Waals surface area contributed by atoms with Crippen molar-refractivity contribution in [1.29, 1.82) is 0 Å². The molecular formula is C48H42N4. The fraction of sp³-hybridized carbons (Fsp3) is 0.167. The van der Waals surface area contributed by atoms with Crippen LogP contribution in [0.5, 0.6) is 0 Å². The van der Waals surface area contributed by atoms with Gasteiger partial charge < -0.3 is 9.80 Å². The highest BCUT2D eigenvalue weighted by Gasteiger charge is 2.46. The number of aromatic nitrogens is 2. The van der Waals surface area contributed by atoms with E-state index in [1.54, 1.807) is 0 Å². The van der Waals surface area contributed by atoms with Gasteiger partial charge in [0.05, 0.1) is 22.8 Å². The fourth-order valence-corrected chi connectivity index (χ4v) is 8.52. The number of fused-ring (bicyclic) bond motifs is 6. The summed E-state index contributed by atoms with van der Waals surface area (Å²) in [4.78, 5) is 16.0. The molecule has 0 saturated heterocycles. The van der Waals surface area contributed by atoms with Gasteiger partial charge in [-0.05, 0) is 109 Å². The highest BCUT2D eigenvalue weighted by atomic mass is 15.1. The third-order valence-electron chi connectivity index (χ3n) is 11.1. The van der Waals surface area contributed by atoms with Crippen LogP contribution in [0.15, 0.2) is 146 Å². The Labute approximate surface area is 307 Å². The van der Waals surface area contributed by atoms with Gasteiger partial charge in [-0.25, -0.2) is 9.97 Å². The van der Waals surface area contributed by atoms with Crippen LogP contribution in [0.2, 0.25) is 0 Å². The topological polar surface area (TPSA) is 32.3 Å². The van der Waals surface area contributed by atoms with Crippen LogP contribution in [0.25, 0.3) is 22.5 Å². The van der Waals surface area contributed by atoms with Crippen molar-refractivity contribution in [2.75, 3.05) is 9.80 Å². The van der Waals surface area contributed by atoms with Crippen LogP contribution in [0.3, 0.4) is 0 Å². The second kappa shape index (κ2) is 11.8. The summed E-state index contributed by atoms with van der Waals surface area (Å²) in [6.45, 7) is 13.7. The first-order valence-corrected chi connectivity index (χ1v) is 18.2. The molecular weight excluding hydrogens is 633 g/mol. The van der Waals surface area contributed by atoms with Gasteiger partial charge in [0.15, 0.2) is 0 Å². The number of nitrogens with zero attached hydrogens (tertiary/aromatic N) is 4. The molecule has 52 heavy (non-hydrogen) atoms. The fourth-order valence-electron chi connectivity index (χ4n) is 8.52. The smallest absolute Gasteiger partial charge is 0.0936 e. The summed E-state index contributed by atoms with van der Waals surface area (Å²) in [5.74, 6) is 0. The molecule has 4 heteroatoms. The Hall–Kier alpha value is -6.00. The summed E-state index contributed by atoms with van der Waals surface area (Å²) in [7, 11) is 0. The average Bonchev–Trinajstić information content (AvgIpc) is 3.52.